The highest BCUT2D eigenvalue weighted by atomic mass is 35.5. The third-order valence-corrected chi connectivity index (χ3v) is 3.98. The van der Waals surface area contributed by atoms with Gasteiger partial charge in [-0.2, -0.15) is 0 Å². The molecule has 20 heavy (non-hydrogen) atoms. The number of hydrogen-bond acceptors (Lipinski definition) is 4. The maximum Gasteiger partial charge on any atom is 0.311 e. The van der Waals surface area contributed by atoms with Crippen LogP contribution in [0.3, 0.4) is 0 Å². The lowest BCUT2D eigenvalue weighted by molar-refractivity contribution is -0.385. The summed E-state index contributed by atoms with van der Waals surface area (Å²) in [7, 11) is 2.12. The van der Waals surface area contributed by atoms with Crippen LogP contribution in [0.15, 0.2) is 18.2 Å². The first kappa shape index (κ1) is 15.1. The van der Waals surface area contributed by atoms with Crippen molar-refractivity contribution in [2.24, 2.45) is 0 Å². The van der Waals surface area contributed by atoms with Crippen LogP contribution in [0.1, 0.15) is 25.7 Å². The van der Waals surface area contributed by atoms with Crippen molar-refractivity contribution in [1.82, 2.24) is 4.90 Å². The Morgan fingerprint density at radius 2 is 2.30 bits per heavy atom. The lowest BCUT2D eigenvalue weighted by Gasteiger charge is -2.32. The predicted octanol–water partition coefficient (Wildman–Crippen LogP) is 3.50. The fourth-order valence-corrected chi connectivity index (χ4v) is 2.73. The number of likely N-dealkylation sites (tertiary alicyclic amines) is 1. The molecule has 0 radical (unpaired) electrons. The second-order valence-corrected chi connectivity index (χ2v) is 5.57. The van der Waals surface area contributed by atoms with Gasteiger partial charge in [-0.15, -0.1) is 0 Å². The molecule has 0 aliphatic carbocycles. The topological polar surface area (TPSA) is 55.6 Å². The van der Waals surface area contributed by atoms with Crippen LogP contribution in [-0.4, -0.2) is 36.1 Å². The molecule has 1 aromatic carbocycles. The van der Waals surface area contributed by atoms with Gasteiger partial charge in [0.1, 0.15) is 0 Å². The zero-order valence-electron chi connectivity index (χ0n) is 11.5. The Hall–Kier alpha value is -1.33. The number of hydrogen-bond donors (Lipinski definition) is 0. The fourth-order valence-electron chi connectivity index (χ4n) is 2.57. The number of nitro groups is 1. The molecule has 1 saturated heterocycles. The summed E-state index contributed by atoms with van der Waals surface area (Å²) in [6.07, 6.45) is 4.53. The maximum absolute atomic E-state index is 10.9. The monoisotopic (exact) mass is 298 g/mol. The average Bonchev–Trinajstić information content (AvgIpc) is 2.41. The zero-order valence-corrected chi connectivity index (χ0v) is 12.3. The van der Waals surface area contributed by atoms with Gasteiger partial charge >= 0.3 is 5.69 Å². The molecule has 6 heteroatoms. The van der Waals surface area contributed by atoms with E-state index >= 15 is 0 Å². The average molecular weight is 299 g/mol. The molecule has 0 bridgehead atoms. The van der Waals surface area contributed by atoms with Gasteiger partial charge in [0.25, 0.3) is 0 Å². The van der Waals surface area contributed by atoms with Crippen molar-refractivity contribution in [3.63, 3.8) is 0 Å². The van der Waals surface area contributed by atoms with Gasteiger partial charge < -0.3 is 9.64 Å². The van der Waals surface area contributed by atoms with Gasteiger partial charge in [-0.25, -0.2) is 0 Å². The quantitative estimate of drug-likeness (QED) is 0.616. The molecule has 1 fully saturated rings. The van der Waals surface area contributed by atoms with E-state index in [1.165, 1.54) is 31.0 Å². The maximum atomic E-state index is 10.9. The molecule has 0 aromatic heterocycles. The first-order valence-corrected chi connectivity index (χ1v) is 7.22. The van der Waals surface area contributed by atoms with Crippen molar-refractivity contribution in [2.45, 2.75) is 31.7 Å². The minimum atomic E-state index is -0.446. The van der Waals surface area contributed by atoms with Crippen LogP contribution in [-0.2, 0) is 0 Å². The lowest BCUT2D eigenvalue weighted by atomic mass is 10.0. The summed E-state index contributed by atoms with van der Waals surface area (Å²) in [5, 5.41) is 11.4. The summed E-state index contributed by atoms with van der Waals surface area (Å²) < 4.78 is 5.58. The summed E-state index contributed by atoms with van der Waals surface area (Å²) in [5.41, 5.74) is -0.0357. The summed E-state index contributed by atoms with van der Waals surface area (Å²) in [6, 6.07) is 4.89. The summed E-state index contributed by atoms with van der Waals surface area (Å²) >= 11 is 5.86. The van der Waals surface area contributed by atoms with Gasteiger partial charge in [0.2, 0.25) is 0 Å². The van der Waals surface area contributed by atoms with Crippen molar-refractivity contribution < 1.29 is 9.66 Å². The number of ether oxygens (including phenoxy) is 1. The van der Waals surface area contributed by atoms with E-state index in [0.717, 1.165) is 19.4 Å². The van der Waals surface area contributed by atoms with E-state index in [4.69, 9.17) is 16.3 Å². The molecule has 110 valence electrons. The Morgan fingerprint density at radius 3 is 3.00 bits per heavy atom. The molecular formula is C14H19ClN2O3. The van der Waals surface area contributed by atoms with Gasteiger partial charge in [0, 0.05) is 23.2 Å². The normalized spacial score (nSPS) is 19.8. The van der Waals surface area contributed by atoms with Gasteiger partial charge in [0.05, 0.1) is 11.5 Å². The largest absolute Gasteiger partial charge is 0.487 e. The number of nitrogens with zero attached hydrogens (tertiary/aromatic N) is 2. The van der Waals surface area contributed by atoms with Crippen LogP contribution in [0.5, 0.6) is 5.75 Å². The SMILES string of the molecule is CN1CCCCC1CCOc1cc(Cl)ccc1[N+](=O)[O-]. The molecule has 1 atom stereocenters. The van der Waals surface area contributed by atoms with Crippen LogP contribution in [0.4, 0.5) is 5.69 Å². The van der Waals surface area contributed by atoms with E-state index in [2.05, 4.69) is 11.9 Å². The first-order valence-electron chi connectivity index (χ1n) is 6.85. The second-order valence-electron chi connectivity index (χ2n) is 5.14. The van der Waals surface area contributed by atoms with Crippen molar-refractivity contribution in [1.29, 1.82) is 0 Å². The van der Waals surface area contributed by atoms with E-state index in [1.54, 1.807) is 0 Å². The zero-order chi connectivity index (χ0) is 14.5. The molecule has 0 saturated carbocycles. The number of piperidine rings is 1. The molecule has 0 N–H and O–H groups in total. The van der Waals surface area contributed by atoms with E-state index in [1.807, 2.05) is 0 Å². The number of benzene rings is 1. The predicted molar refractivity (Wildman–Crippen MR) is 78.5 cm³/mol. The molecule has 1 aromatic rings. The second kappa shape index (κ2) is 6.90. The minimum absolute atomic E-state index is 0.0357. The van der Waals surface area contributed by atoms with Crippen LogP contribution in [0.25, 0.3) is 0 Å². The first-order chi connectivity index (χ1) is 9.58. The molecule has 1 aliphatic heterocycles. The molecule has 0 spiro atoms. The number of halogens is 1. The lowest BCUT2D eigenvalue weighted by Crippen LogP contribution is -2.37. The van der Waals surface area contributed by atoms with Gasteiger partial charge in [-0.3, -0.25) is 10.1 Å². The molecule has 1 aliphatic rings. The Morgan fingerprint density at radius 1 is 1.50 bits per heavy atom. The molecule has 1 heterocycles. The number of nitro benzene ring substituents is 1. The van der Waals surface area contributed by atoms with Gasteiger partial charge in [-0.05, 0) is 38.9 Å². The van der Waals surface area contributed by atoms with Crippen molar-refractivity contribution in [2.75, 3.05) is 20.2 Å². The van der Waals surface area contributed by atoms with Crippen molar-refractivity contribution >= 4 is 17.3 Å². The molecule has 1 unspecified atom stereocenters. The third kappa shape index (κ3) is 3.84. The third-order valence-electron chi connectivity index (χ3n) is 3.75. The fraction of sp³-hybridized carbons (Fsp3) is 0.571. The van der Waals surface area contributed by atoms with Crippen molar-refractivity contribution in [3.05, 3.63) is 33.3 Å². The molecule has 0 amide bonds. The minimum Gasteiger partial charge on any atom is -0.487 e. The van der Waals surface area contributed by atoms with Crippen LogP contribution < -0.4 is 4.74 Å². The molecule has 2 rings (SSSR count). The Balaban J connectivity index is 1.93. The number of rotatable bonds is 5. The van der Waals surface area contributed by atoms with E-state index in [9.17, 15) is 10.1 Å². The Kier molecular flexibility index (Phi) is 5.20. The van der Waals surface area contributed by atoms with Crippen LogP contribution >= 0.6 is 11.6 Å². The van der Waals surface area contributed by atoms with Crippen LogP contribution in [0.2, 0.25) is 5.02 Å². The Labute approximate surface area is 123 Å². The van der Waals surface area contributed by atoms with Crippen molar-refractivity contribution in [3.8, 4) is 5.75 Å². The van der Waals surface area contributed by atoms with Gasteiger partial charge in [-0.1, -0.05) is 18.0 Å². The highest BCUT2D eigenvalue weighted by Gasteiger charge is 2.20. The van der Waals surface area contributed by atoms with Crippen LogP contribution in [0, 0.1) is 10.1 Å². The Bertz CT molecular complexity index is 481. The standard InChI is InChI=1S/C14H19ClN2O3/c1-16-8-3-2-4-12(16)7-9-20-14-10-11(15)5-6-13(14)17(18)19/h5-6,10,12H,2-4,7-9H2,1H3. The molecule has 5 nitrogen and oxygen atoms in total. The summed E-state index contributed by atoms with van der Waals surface area (Å²) in [6.45, 7) is 1.58. The van der Waals surface area contributed by atoms with E-state index in [0.29, 0.717) is 17.7 Å². The summed E-state index contributed by atoms with van der Waals surface area (Å²) in [5.74, 6) is 0.251. The van der Waals surface area contributed by atoms with Gasteiger partial charge in [0.15, 0.2) is 5.75 Å². The van der Waals surface area contributed by atoms with E-state index in [-0.39, 0.29) is 11.4 Å². The molecular weight excluding hydrogens is 280 g/mol. The summed E-state index contributed by atoms with van der Waals surface area (Å²) in [4.78, 5) is 12.8. The smallest absolute Gasteiger partial charge is 0.311 e. The highest BCUT2D eigenvalue weighted by Crippen LogP contribution is 2.30. The van der Waals surface area contributed by atoms with E-state index < -0.39 is 4.92 Å². The highest BCUT2D eigenvalue weighted by molar-refractivity contribution is 6.30.